The summed E-state index contributed by atoms with van der Waals surface area (Å²) in [5, 5.41) is 2.94. The fourth-order valence-corrected chi connectivity index (χ4v) is 5.51. The van der Waals surface area contributed by atoms with Crippen molar-refractivity contribution in [2.75, 3.05) is 11.5 Å². The van der Waals surface area contributed by atoms with Crippen LogP contribution >= 0.6 is 11.3 Å². The number of benzene rings is 2. The maximum absolute atomic E-state index is 13.1. The zero-order chi connectivity index (χ0) is 23.5. The van der Waals surface area contributed by atoms with Crippen LogP contribution in [0.1, 0.15) is 45.4 Å². The van der Waals surface area contributed by atoms with Gasteiger partial charge in [0.1, 0.15) is 22.9 Å². The molecule has 2 aromatic carbocycles. The molecular formula is C27H28N2O4S. The summed E-state index contributed by atoms with van der Waals surface area (Å²) < 4.78 is 11.5. The molecule has 1 atom stereocenters. The number of hydrogen-bond acceptors (Lipinski definition) is 6. The van der Waals surface area contributed by atoms with Crippen LogP contribution in [0.25, 0.3) is 21.8 Å². The van der Waals surface area contributed by atoms with Gasteiger partial charge < -0.3 is 9.47 Å². The number of carbonyl (C=O) groups is 2. The Morgan fingerprint density at radius 1 is 1.15 bits per heavy atom. The Kier molecular flexibility index (Phi) is 6.63. The number of hydrogen-bond donors (Lipinski definition) is 0. The van der Waals surface area contributed by atoms with Gasteiger partial charge in [-0.2, -0.15) is 0 Å². The van der Waals surface area contributed by atoms with Gasteiger partial charge in [0.2, 0.25) is 0 Å². The molecule has 34 heavy (non-hydrogen) atoms. The zero-order valence-electron chi connectivity index (χ0n) is 19.2. The molecular weight excluding hydrogens is 448 g/mol. The molecule has 5 rings (SSSR count). The molecule has 0 radical (unpaired) electrons. The minimum absolute atomic E-state index is 0.0522. The first-order chi connectivity index (χ1) is 16.6. The highest BCUT2D eigenvalue weighted by molar-refractivity contribution is 7.13. The van der Waals surface area contributed by atoms with Crippen molar-refractivity contribution in [3.63, 3.8) is 0 Å². The standard InChI is InChI=1S/C27H28N2O4S/c1-2-22(27(31)33-20-11-7-4-8-12-20)29-23-15-19(13-14-24(23)32-16-25(29)30)21-17-34-26(28-21)18-9-5-3-6-10-18/h3,5-6,9-10,13-15,17,20,22H,2,4,7-8,11-12,16H2,1H3. The van der Waals surface area contributed by atoms with Gasteiger partial charge in [-0.1, -0.05) is 43.7 Å². The fourth-order valence-electron chi connectivity index (χ4n) is 4.67. The third-order valence-corrected chi connectivity index (χ3v) is 7.36. The second-order valence-corrected chi connectivity index (χ2v) is 9.62. The summed E-state index contributed by atoms with van der Waals surface area (Å²) in [6.45, 7) is 1.82. The van der Waals surface area contributed by atoms with Gasteiger partial charge in [-0.3, -0.25) is 9.69 Å². The number of thiazole rings is 1. The van der Waals surface area contributed by atoms with Crippen molar-refractivity contribution in [3.8, 4) is 27.6 Å². The fraction of sp³-hybridized carbons (Fsp3) is 0.370. The minimum atomic E-state index is -0.678. The van der Waals surface area contributed by atoms with Crippen LogP contribution in [0.3, 0.4) is 0 Å². The number of esters is 1. The summed E-state index contributed by atoms with van der Waals surface area (Å²) in [6, 6.07) is 15.1. The van der Waals surface area contributed by atoms with E-state index in [1.807, 2.05) is 60.8 Å². The second kappa shape index (κ2) is 9.97. The Balaban J connectivity index is 1.44. The number of aromatic nitrogens is 1. The Morgan fingerprint density at radius 2 is 1.94 bits per heavy atom. The van der Waals surface area contributed by atoms with Crippen LogP contribution in [-0.2, 0) is 14.3 Å². The van der Waals surface area contributed by atoms with E-state index < -0.39 is 6.04 Å². The van der Waals surface area contributed by atoms with Crippen molar-refractivity contribution in [2.24, 2.45) is 0 Å². The highest BCUT2D eigenvalue weighted by atomic mass is 32.1. The molecule has 1 fully saturated rings. The van der Waals surface area contributed by atoms with E-state index in [1.165, 1.54) is 6.42 Å². The Bertz CT molecular complexity index is 1170. The molecule has 2 aliphatic rings. The SMILES string of the molecule is CCC(C(=O)OC1CCCCC1)N1C(=O)COc2ccc(-c3csc(-c4ccccc4)n3)cc21. The molecule has 0 bridgehead atoms. The van der Waals surface area contributed by atoms with Gasteiger partial charge in [0.25, 0.3) is 5.91 Å². The number of anilines is 1. The van der Waals surface area contributed by atoms with Gasteiger partial charge in [-0.15, -0.1) is 11.3 Å². The number of fused-ring (bicyclic) bond motifs is 1. The van der Waals surface area contributed by atoms with E-state index in [1.54, 1.807) is 16.2 Å². The Morgan fingerprint density at radius 3 is 2.71 bits per heavy atom. The molecule has 7 heteroatoms. The largest absolute Gasteiger partial charge is 0.482 e. The van der Waals surface area contributed by atoms with E-state index in [-0.39, 0.29) is 24.6 Å². The number of ether oxygens (including phenoxy) is 2. The lowest BCUT2D eigenvalue weighted by atomic mass is 9.97. The molecule has 0 spiro atoms. The van der Waals surface area contributed by atoms with E-state index in [0.717, 1.165) is 47.5 Å². The lowest BCUT2D eigenvalue weighted by Gasteiger charge is -2.35. The highest BCUT2D eigenvalue weighted by Gasteiger charge is 2.37. The van der Waals surface area contributed by atoms with Crippen molar-refractivity contribution >= 4 is 28.9 Å². The second-order valence-electron chi connectivity index (χ2n) is 8.76. The molecule has 1 unspecified atom stereocenters. The molecule has 176 valence electrons. The molecule has 6 nitrogen and oxygen atoms in total. The van der Waals surface area contributed by atoms with Crippen LogP contribution in [0, 0.1) is 0 Å². The summed E-state index contributed by atoms with van der Waals surface area (Å²) in [4.78, 5) is 32.5. The Labute approximate surface area is 203 Å². The van der Waals surface area contributed by atoms with E-state index >= 15 is 0 Å². The first-order valence-corrected chi connectivity index (χ1v) is 12.8. The zero-order valence-corrected chi connectivity index (χ0v) is 20.1. The van der Waals surface area contributed by atoms with Gasteiger partial charge >= 0.3 is 5.97 Å². The van der Waals surface area contributed by atoms with Gasteiger partial charge in [-0.25, -0.2) is 9.78 Å². The molecule has 0 N–H and O–H groups in total. The smallest absolute Gasteiger partial charge is 0.329 e. The maximum Gasteiger partial charge on any atom is 0.329 e. The predicted octanol–water partition coefficient (Wildman–Crippen LogP) is 5.86. The molecule has 0 saturated heterocycles. The highest BCUT2D eigenvalue weighted by Crippen LogP contribution is 2.39. The predicted molar refractivity (Wildman–Crippen MR) is 133 cm³/mol. The van der Waals surface area contributed by atoms with E-state index in [0.29, 0.717) is 17.9 Å². The lowest BCUT2D eigenvalue weighted by molar-refractivity contribution is -0.153. The summed E-state index contributed by atoms with van der Waals surface area (Å²) in [7, 11) is 0. The van der Waals surface area contributed by atoms with Crippen molar-refractivity contribution in [1.29, 1.82) is 0 Å². The average Bonchev–Trinajstić information content (AvgIpc) is 3.37. The molecule has 1 aromatic heterocycles. The maximum atomic E-state index is 13.1. The normalized spacial score (nSPS) is 17.1. The van der Waals surface area contributed by atoms with Crippen LogP contribution < -0.4 is 9.64 Å². The molecule has 1 amide bonds. The van der Waals surface area contributed by atoms with Gasteiger partial charge in [0.15, 0.2) is 6.61 Å². The van der Waals surface area contributed by atoms with Gasteiger partial charge in [-0.05, 0) is 50.3 Å². The Hall–Kier alpha value is -3.19. The quantitative estimate of drug-likeness (QED) is 0.417. The average molecular weight is 477 g/mol. The van der Waals surface area contributed by atoms with Crippen LogP contribution in [0.15, 0.2) is 53.9 Å². The number of rotatable bonds is 6. The minimum Gasteiger partial charge on any atom is -0.482 e. The van der Waals surface area contributed by atoms with Crippen molar-refractivity contribution < 1.29 is 19.1 Å². The van der Waals surface area contributed by atoms with E-state index in [9.17, 15) is 9.59 Å². The first-order valence-electron chi connectivity index (χ1n) is 11.9. The topological polar surface area (TPSA) is 68.7 Å². The van der Waals surface area contributed by atoms with Crippen LogP contribution in [0.5, 0.6) is 5.75 Å². The van der Waals surface area contributed by atoms with E-state index in [2.05, 4.69) is 0 Å². The van der Waals surface area contributed by atoms with Crippen molar-refractivity contribution in [1.82, 2.24) is 4.98 Å². The van der Waals surface area contributed by atoms with Crippen LogP contribution in [0.4, 0.5) is 5.69 Å². The monoisotopic (exact) mass is 476 g/mol. The third-order valence-electron chi connectivity index (χ3n) is 6.46. The number of carbonyl (C=O) groups excluding carboxylic acids is 2. The lowest BCUT2D eigenvalue weighted by Crippen LogP contribution is -2.50. The van der Waals surface area contributed by atoms with Gasteiger partial charge in [0, 0.05) is 16.5 Å². The molecule has 1 aliphatic carbocycles. The van der Waals surface area contributed by atoms with Crippen molar-refractivity contribution in [3.05, 3.63) is 53.9 Å². The number of nitrogens with zero attached hydrogens (tertiary/aromatic N) is 2. The summed E-state index contributed by atoms with van der Waals surface area (Å²) in [5.74, 6) is 0.0205. The summed E-state index contributed by atoms with van der Waals surface area (Å²) >= 11 is 1.57. The third kappa shape index (κ3) is 4.57. The van der Waals surface area contributed by atoms with Crippen LogP contribution in [0.2, 0.25) is 0 Å². The number of amides is 1. The molecule has 1 aliphatic heterocycles. The van der Waals surface area contributed by atoms with Gasteiger partial charge in [0.05, 0.1) is 11.4 Å². The van der Waals surface area contributed by atoms with E-state index in [4.69, 9.17) is 14.5 Å². The van der Waals surface area contributed by atoms with Crippen molar-refractivity contribution in [2.45, 2.75) is 57.6 Å². The summed E-state index contributed by atoms with van der Waals surface area (Å²) in [5.41, 5.74) is 3.35. The summed E-state index contributed by atoms with van der Waals surface area (Å²) in [6.07, 6.45) is 5.55. The molecule has 3 aromatic rings. The first kappa shape index (κ1) is 22.6. The molecule has 1 saturated carbocycles. The van der Waals surface area contributed by atoms with Crippen LogP contribution in [-0.4, -0.2) is 35.6 Å². The molecule has 2 heterocycles.